The first-order valence-corrected chi connectivity index (χ1v) is 12.1. The number of carbonyl (C=O) groups is 1. The van der Waals surface area contributed by atoms with Crippen molar-refractivity contribution in [3.63, 3.8) is 0 Å². The van der Waals surface area contributed by atoms with Gasteiger partial charge >= 0.3 is 5.97 Å². The molecule has 33 heavy (non-hydrogen) atoms. The predicted octanol–water partition coefficient (Wildman–Crippen LogP) is 5.18. The van der Waals surface area contributed by atoms with Crippen molar-refractivity contribution in [2.45, 2.75) is 38.8 Å². The van der Waals surface area contributed by atoms with Gasteiger partial charge in [0, 0.05) is 35.0 Å². The van der Waals surface area contributed by atoms with Crippen molar-refractivity contribution >= 4 is 39.2 Å². The Morgan fingerprint density at radius 1 is 1.21 bits per heavy atom. The van der Waals surface area contributed by atoms with E-state index in [0.29, 0.717) is 24.5 Å². The van der Waals surface area contributed by atoms with E-state index in [0.717, 1.165) is 27.2 Å². The van der Waals surface area contributed by atoms with Gasteiger partial charge in [0.1, 0.15) is 0 Å². The number of pyridine rings is 1. The van der Waals surface area contributed by atoms with Gasteiger partial charge in [-0.05, 0) is 84.3 Å². The van der Waals surface area contributed by atoms with Crippen LogP contribution in [0.15, 0.2) is 59.2 Å². The maximum absolute atomic E-state index is 11.7. The van der Waals surface area contributed by atoms with E-state index in [1.54, 1.807) is 6.20 Å². The number of thiocarbonyl (C=S) groups is 1. The Kier molecular flexibility index (Phi) is 7.14. The Labute approximate surface area is 208 Å². The van der Waals surface area contributed by atoms with Crippen molar-refractivity contribution in [3.8, 4) is 5.69 Å². The van der Waals surface area contributed by atoms with Crippen LogP contribution in [-0.4, -0.2) is 39.2 Å². The average Bonchev–Trinajstić information content (AvgIpc) is 3.30. The molecule has 1 N–H and O–H groups in total. The molecule has 3 aromatic rings. The fourth-order valence-electron chi connectivity index (χ4n) is 4.57. The monoisotopic (exact) mass is 526 g/mol. The molecule has 0 saturated carbocycles. The standard InChI is InChI=1S/C25H27BrN4O2S/c1-16-15-18(17(2)30(16)21-11-5-4-9-19(21)26)24-23(20-10-6-7-13-27-20)28-25(33)29(24)14-8-12-22(31)32-3/h4-7,9-11,13,15,23-24H,8,12,14H2,1-3H3,(H,28,33)/t23-,24-/m0/s1. The molecule has 0 amide bonds. The lowest BCUT2D eigenvalue weighted by molar-refractivity contribution is -0.140. The quantitative estimate of drug-likeness (QED) is 0.338. The van der Waals surface area contributed by atoms with Crippen LogP contribution in [0, 0.1) is 13.8 Å². The van der Waals surface area contributed by atoms with Gasteiger partial charge in [0.15, 0.2) is 5.11 Å². The highest BCUT2D eigenvalue weighted by Crippen LogP contribution is 2.42. The number of aryl methyl sites for hydroxylation is 1. The Morgan fingerprint density at radius 3 is 2.67 bits per heavy atom. The van der Waals surface area contributed by atoms with Gasteiger partial charge in [0.25, 0.3) is 0 Å². The van der Waals surface area contributed by atoms with Crippen molar-refractivity contribution in [2.24, 2.45) is 0 Å². The lowest BCUT2D eigenvalue weighted by atomic mass is 9.96. The summed E-state index contributed by atoms with van der Waals surface area (Å²) >= 11 is 9.46. The Morgan fingerprint density at radius 2 is 1.97 bits per heavy atom. The van der Waals surface area contributed by atoms with Crippen molar-refractivity contribution in [2.75, 3.05) is 13.7 Å². The van der Waals surface area contributed by atoms with Gasteiger partial charge in [-0.2, -0.15) is 0 Å². The topological polar surface area (TPSA) is 59.4 Å². The minimum absolute atomic E-state index is 0.0486. The zero-order valence-electron chi connectivity index (χ0n) is 18.9. The molecule has 6 nitrogen and oxygen atoms in total. The van der Waals surface area contributed by atoms with Crippen LogP contribution in [0.1, 0.15) is 47.6 Å². The summed E-state index contributed by atoms with van der Waals surface area (Å²) in [6.07, 6.45) is 2.82. The van der Waals surface area contributed by atoms with Crippen LogP contribution in [0.25, 0.3) is 5.69 Å². The summed E-state index contributed by atoms with van der Waals surface area (Å²) in [7, 11) is 1.42. The van der Waals surface area contributed by atoms with Crippen molar-refractivity contribution in [1.82, 2.24) is 19.8 Å². The fraction of sp³-hybridized carbons (Fsp3) is 0.320. The Bertz CT molecular complexity index is 1160. The highest BCUT2D eigenvalue weighted by Gasteiger charge is 2.41. The lowest BCUT2D eigenvalue weighted by Gasteiger charge is -2.28. The number of para-hydroxylation sites is 1. The molecular weight excluding hydrogens is 500 g/mol. The molecule has 0 aliphatic carbocycles. The van der Waals surface area contributed by atoms with Crippen molar-refractivity contribution in [1.29, 1.82) is 0 Å². The van der Waals surface area contributed by atoms with Crippen LogP contribution < -0.4 is 5.32 Å². The van der Waals surface area contributed by atoms with E-state index in [-0.39, 0.29) is 18.1 Å². The van der Waals surface area contributed by atoms with Gasteiger partial charge in [-0.3, -0.25) is 9.78 Å². The minimum Gasteiger partial charge on any atom is -0.469 e. The fourth-order valence-corrected chi connectivity index (χ4v) is 5.37. The molecule has 1 aliphatic rings. The van der Waals surface area contributed by atoms with E-state index in [2.05, 4.69) is 67.7 Å². The number of aromatic nitrogens is 2. The molecule has 0 spiro atoms. The average molecular weight is 527 g/mol. The molecule has 8 heteroatoms. The molecule has 1 aromatic carbocycles. The van der Waals surface area contributed by atoms with Crippen molar-refractivity contribution in [3.05, 3.63) is 81.8 Å². The molecule has 2 aromatic heterocycles. The van der Waals surface area contributed by atoms with E-state index in [1.165, 1.54) is 12.7 Å². The lowest BCUT2D eigenvalue weighted by Crippen LogP contribution is -2.31. The maximum Gasteiger partial charge on any atom is 0.305 e. The van der Waals surface area contributed by atoms with Gasteiger partial charge in [0.2, 0.25) is 0 Å². The largest absolute Gasteiger partial charge is 0.469 e. The smallest absolute Gasteiger partial charge is 0.305 e. The summed E-state index contributed by atoms with van der Waals surface area (Å²) in [4.78, 5) is 18.5. The molecular formula is C25H27BrN4O2S. The molecule has 0 unspecified atom stereocenters. The normalized spacial score (nSPS) is 17.8. The number of halogens is 1. The number of rotatable bonds is 7. The molecule has 1 aliphatic heterocycles. The van der Waals surface area contributed by atoms with Gasteiger partial charge in [-0.15, -0.1) is 0 Å². The van der Waals surface area contributed by atoms with Gasteiger partial charge < -0.3 is 19.5 Å². The maximum atomic E-state index is 11.7. The molecule has 0 radical (unpaired) electrons. The number of hydrogen-bond donors (Lipinski definition) is 1. The molecule has 172 valence electrons. The zero-order valence-corrected chi connectivity index (χ0v) is 21.3. The molecule has 2 atom stereocenters. The number of nitrogens with zero attached hydrogens (tertiary/aromatic N) is 3. The Hall–Kier alpha value is -2.71. The summed E-state index contributed by atoms with van der Waals surface area (Å²) in [6, 6.07) is 16.2. The van der Waals surface area contributed by atoms with E-state index in [9.17, 15) is 4.79 Å². The zero-order chi connectivity index (χ0) is 23.5. The number of ether oxygens (including phenoxy) is 1. The van der Waals surface area contributed by atoms with Gasteiger partial charge in [-0.25, -0.2) is 0 Å². The highest BCUT2D eigenvalue weighted by atomic mass is 79.9. The number of methoxy groups -OCH3 is 1. The third kappa shape index (κ3) is 4.68. The summed E-state index contributed by atoms with van der Waals surface area (Å²) in [6.45, 7) is 4.91. The van der Waals surface area contributed by atoms with E-state index >= 15 is 0 Å². The number of esters is 1. The SMILES string of the molecule is COC(=O)CCCN1C(=S)N[C@@H](c2ccccn2)[C@@H]1c1cc(C)n(-c2ccccc2Br)c1C. The summed E-state index contributed by atoms with van der Waals surface area (Å²) in [5.41, 5.74) is 5.51. The molecule has 3 heterocycles. The third-order valence-electron chi connectivity index (χ3n) is 6.09. The van der Waals surface area contributed by atoms with Crippen LogP contribution in [0.4, 0.5) is 0 Å². The van der Waals surface area contributed by atoms with E-state index < -0.39 is 0 Å². The number of carbonyl (C=O) groups excluding carboxylic acids is 1. The summed E-state index contributed by atoms with van der Waals surface area (Å²) < 4.78 is 8.12. The van der Waals surface area contributed by atoms with Crippen LogP contribution in [-0.2, 0) is 9.53 Å². The van der Waals surface area contributed by atoms with Gasteiger partial charge in [-0.1, -0.05) is 18.2 Å². The van der Waals surface area contributed by atoms with Crippen LogP contribution in [0.3, 0.4) is 0 Å². The number of benzene rings is 1. The molecule has 0 bridgehead atoms. The third-order valence-corrected chi connectivity index (χ3v) is 7.11. The van der Waals surface area contributed by atoms with Crippen LogP contribution >= 0.6 is 28.1 Å². The summed E-state index contributed by atoms with van der Waals surface area (Å²) in [5.74, 6) is -0.210. The second-order valence-electron chi connectivity index (χ2n) is 8.11. The predicted molar refractivity (Wildman–Crippen MR) is 136 cm³/mol. The first-order chi connectivity index (χ1) is 15.9. The first-order valence-electron chi connectivity index (χ1n) is 10.9. The van der Waals surface area contributed by atoms with Gasteiger partial charge in [0.05, 0.1) is 30.6 Å². The second-order valence-corrected chi connectivity index (χ2v) is 9.35. The first kappa shape index (κ1) is 23.4. The second kappa shape index (κ2) is 10.1. The highest BCUT2D eigenvalue weighted by molar-refractivity contribution is 9.10. The van der Waals surface area contributed by atoms with Crippen LogP contribution in [0.2, 0.25) is 0 Å². The number of nitrogens with one attached hydrogen (secondary N) is 1. The summed E-state index contributed by atoms with van der Waals surface area (Å²) in [5, 5.41) is 4.16. The van der Waals surface area contributed by atoms with Crippen molar-refractivity contribution < 1.29 is 9.53 Å². The Balaban J connectivity index is 1.76. The van der Waals surface area contributed by atoms with Crippen LogP contribution in [0.5, 0.6) is 0 Å². The van der Waals surface area contributed by atoms with E-state index in [4.69, 9.17) is 17.0 Å². The van der Waals surface area contributed by atoms with E-state index in [1.807, 2.05) is 30.3 Å². The number of hydrogen-bond acceptors (Lipinski definition) is 4. The molecule has 1 fully saturated rings. The minimum atomic E-state index is -0.210. The molecule has 4 rings (SSSR count). The molecule has 1 saturated heterocycles.